The lowest BCUT2D eigenvalue weighted by Crippen LogP contribution is -2.52. The summed E-state index contributed by atoms with van der Waals surface area (Å²) < 4.78 is 12.1. The van der Waals surface area contributed by atoms with E-state index in [1.807, 2.05) is 47.4 Å². The van der Waals surface area contributed by atoms with Crippen LogP contribution in [0.5, 0.6) is 17.2 Å². The topological polar surface area (TPSA) is 55.8 Å². The van der Waals surface area contributed by atoms with E-state index < -0.39 is 5.60 Å². The summed E-state index contributed by atoms with van der Waals surface area (Å²) >= 11 is 6.03. The van der Waals surface area contributed by atoms with E-state index in [-0.39, 0.29) is 11.7 Å². The second-order valence-corrected chi connectivity index (χ2v) is 8.70. The number of ketones is 1. The first-order chi connectivity index (χ1) is 15.5. The Morgan fingerprint density at radius 1 is 0.938 bits per heavy atom. The summed E-state index contributed by atoms with van der Waals surface area (Å²) in [4.78, 5) is 27.6. The Morgan fingerprint density at radius 3 is 2.47 bits per heavy atom. The highest BCUT2D eigenvalue weighted by Gasteiger charge is 2.43. The minimum atomic E-state index is -0.563. The first kappa shape index (κ1) is 20.6. The molecule has 5 rings (SSSR count). The molecule has 1 saturated heterocycles. The van der Waals surface area contributed by atoms with Gasteiger partial charge in [-0.1, -0.05) is 35.9 Å². The third-order valence-electron chi connectivity index (χ3n) is 6.07. The Morgan fingerprint density at radius 2 is 1.69 bits per heavy atom. The molecule has 2 aliphatic heterocycles. The van der Waals surface area contributed by atoms with Gasteiger partial charge in [0.2, 0.25) is 0 Å². The van der Waals surface area contributed by atoms with E-state index in [9.17, 15) is 9.59 Å². The molecule has 3 aromatic carbocycles. The fraction of sp³-hybridized carbons (Fsp3) is 0.231. The zero-order chi connectivity index (χ0) is 22.1. The van der Waals surface area contributed by atoms with Gasteiger partial charge in [-0.25, -0.2) is 0 Å². The van der Waals surface area contributed by atoms with Crippen molar-refractivity contribution in [2.24, 2.45) is 0 Å². The number of hydrogen-bond donors (Lipinski definition) is 0. The molecule has 162 valence electrons. The van der Waals surface area contributed by atoms with Gasteiger partial charge in [0.1, 0.15) is 22.8 Å². The molecule has 2 aliphatic rings. The minimum Gasteiger partial charge on any atom is -0.486 e. The number of amides is 1. The largest absolute Gasteiger partial charge is 0.486 e. The van der Waals surface area contributed by atoms with Gasteiger partial charge in [0, 0.05) is 36.5 Å². The quantitative estimate of drug-likeness (QED) is 0.511. The lowest BCUT2D eigenvalue weighted by molar-refractivity contribution is -0.00571. The summed E-state index contributed by atoms with van der Waals surface area (Å²) in [6.07, 6.45) is 1.52. The lowest BCUT2D eigenvalue weighted by Gasteiger charge is -2.44. The van der Waals surface area contributed by atoms with Crippen LogP contribution in [0.3, 0.4) is 0 Å². The minimum absolute atomic E-state index is 0.0410. The average Bonchev–Trinajstić information content (AvgIpc) is 2.81. The van der Waals surface area contributed by atoms with Crippen molar-refractivity contribution in [3.05, 3.63) is 88.9 Å². The molecule has 1 spiro atoms. The summed E-state index contributed by atoms with van der Waals surface area (Å²) in [5.41, 5.74) is 0.555. The third-order valence-corrected chi connectivity index (χ3v) is 6.31. The highest BCUT2D eigenvalue weighted by atomic mass is 35.5. The summed E-state index contributed by atoms with van der Waals surface area (Å²) in [7, 11) is 0. The Labute approximate surface area is 191 Å². The maximum atomic E-state index is 13.1. The van der Waals surface area contributed by atoms with Crippen molar-refractivity contribution >= 4 is 23.3 Å². The van der Waals surface area contributed by atoms with Gasteiger partial charge in [0.15, 0.2) is 5.78 Å². The second-order valence-electron chi connectivity index (χ2n) is 8.26. The van der Waals surface area contributed by atoms with Gasteiger partial charge >= 0.3 is 0 Å². The van der Waals surface area contributed by atoms with Crippen molar-refractivity contribution < 1.29 is 19.1 Å². The van der Waals surface area contributed by atoms with Crippen molar-refractivity contribution in [3.63, 3.8) is 0 Å². The van der Waals surface area contributed by atoms with Crippen LogP contribution in [0.2, 0.25) is 5.02 Å². The van der Waals surface area contributed by atoms with Crippen LogP contribution >= 0.6 is 11.6 Å². The Kier molecular flexibility index (Phi) is 5.35. The van der Waals surface area contributed by atoms with Crippen LogP contribution in [0.4, 0.5) is 0 Å². The van der Waals surface area contributed by atoms with Gasteiger partial charge < -0.3 is 14.4 Å². The maximum absolute atomic E-state index is 13.1. The van der Waals surface area contributed by atoms with Crippen molar-refractivity contribution in [2.45, 2.75) is 24.9 Å². The van der Waals surface area contributed by atoms with E-state index in [2.05, 4.69) is 0 Å². The van der Waals surface area contributed by atoms with Crippen LogP contribution in [0.15, 0.2) is 72.8 Å². The molecule has 0 saturated carbocycles. The number of benzene rings is 3. The third kappa shape index (κ3) is 4.08. The number of fused-ring (bicyclic) bond motifs is 1. The molecule has 0 radical (unpaired) electrons. The molecule has 32 heavy (non-hydrogen) atoms. The smallest absolute Gasteiger partial charge is 0.253 e. The molecule has 0 N–H and O–H groups in total. The van der Waals surface area contributed by atoms with Crippen molar-refractivity contribution in [2.75, 3.05) is 13.1 Å². The fourth-order valence-corrected chi connectivity index (χ4v) is 4.53. The van der Waals surface area contributed by atoms with E-state index in [0.717, 1.165) is 5.75 Å². The average molecular weight is 448 g/mol. The molecule has 2 heterocycles. The number of hydrogen-bond acceptors (Lipinski definition) is 4. The molecule has 1 amide bonds. The van der Waals surface area contributed by atoms with Gasteiger partial charge in [-0.2, -0.15) is 0 Å². The molecule has 0 aromatic heterocycles. The predicted molar refractivity (Wildman–Crippen MR) is 122 cm³/mol. The van der Waals surface area contributed by atoms with Gasteiger partial charge in [0.25, 0.3) is 5.91 Å². The number of Topliss-reactive ketones (excluding diaryl/α,β-unsaturated/α-hetero) is 1. The van der Waals surface area contributed by atoms with Crippen LogP contribution < -0.4 is 9.47 Å². The van der Waals surface area contributed by atoms with Crippen LogP contribution in [0.25, 0.3) is 0 Å². The summed E-state index contributed by atoms with van der Waals surface area (Å²) in [5.74, 6) is 1.91. The molecule has 0 atom stereocenters. The van der Waals surface area contributed by atoms with Crippen molar-refractivity contribution in [3.8, 4) is 17.2 Å². The monoisotopic (exact) mass is 447 g/mol. The molecular formula is C26H22ClNO4. The van der Waals surface area contributed by atoms with Crippen LogP contribution in [-0.4, -0.2) is 35.3 Å². The molecular weight excluding hydrogens is 426 g/mol. The Hall–Kier alpha value is -3.31. The van der Waals surface area contributed by atoms with E-state index in [1.165, 1.54) is 0 Å². The fourth-order valence-electron chi connectivity index (χ4n) is 4.36. The number of piperidine rings is 1. The van der Waals surface area contributed by atoms with E-state index in [1.54, 1.807) is 30.3 Å². The Balaban J connectivity index is 1.27. The van der Waals surface area contributed by atoms with E-state index >= 15 is 0 Å². The predicted octanol–water partition coefficient (Wildman–Crippen LogP) is 5.77. The number of carbonyl (C=O) groups excluding carboxylic acids is 2. The first-order valence-electron chi connectivity index (χ1n) is 10.7. The van der Waals surface area contributed by atoms with Gasteiger partial charge in [-0.15, -0.1) is 0 Å². The highest BCUT2D eigenvalue weighted by Crippen LogP contribution is 2.40. The van der Waals surface area contributed by atoms with Crippen LogP contribution in [0.1, 0.15) is 40.0 Å². The zero-order valence-corrected chi connectivity index (χ0v) is 18.2. The summed E-state index contributed by atoms with van der Waals surface area (Å²) in [5, 5.41) is 0.524. The number of nitrogens with zero attached hydrogens (tertiary/aromatic N) is 1. The van der Waals surface area contributed by atoms with Gasteiger partial charge in [0.05, 0.1) is 12.0 Å². The molecule has 0 bridgehead atoms. The van der Waals surface area contributed by atoms with Crippen LogP contribution in [-0.2, 0) is 0 Å². The maximum Gasteiger partial charge on any atom is 0.253 e. The van der Waals surface area contributed by atoms with E-state index in [4.69, 9.17) is 21.1 Å². The standard InChI is InChI=1S/C26H22ClNO4/c27-19-9-10-24-22(16-19)23(29)17-26(32-24)11-13-28(14-12-26)25(30)18-5-4-8-21(15-18)31-20-6-2-1-3-7-20/h1-10,15-16H,11-14,17H2. The SMILES string of the molecule is O=C1CC2(CCN(C(=O)c3cccc(Oc4ccccc4)c3)CC2)Oc2ccc(Cl)cc21. The molecule has 6 heteroatoms. The number of para-hydroxylation sites is 1. The van der Waals surface area contributed by atoms with Gasteiger partial charge in [-0.05, 0) is 48.5 Å². The number of likely N-dealkylation sites (tertiary alicyclic amines) is 1. The highest BCUT2D eigenvalue weighted by molar-refractivity contribution is 6.31. The number of ether oxygens (including phenoxy) is 2. The molecule has 5 nitrogen and oxygen atoms in total. The lowest BCUT2D eigenvalue weighted by atomic mass is 9.82. The Bertz CT molecular complexity index is 1170. The van der Waals surface area contributed by atoms with Gasteiger partial charge in [-0.3, -0.25) is 9.59 Å². The number of rotatable bonds is 3. The molecule has 3 aromatic rings. The number of carbonyl (C=O) groups is 2. The molecule has 1 fully saturated rings. The first-order valence-corrected chi connectivity index (χ1v) is 11.0. The number of halogens is 1. The van der Waals surface area contributed by atoms with E-state index in [0.29, 0.717) is 60.0 Å². The second kappa shape index (κ2) is 8.32. The summed E-state index contributed by atoms with van der Waals surface area (Å²) in [6.45, 7) is 1.05. The van der Waals surface area contributed by atoms with Crippen molar-refractivity contribution in [1.29, 1.82) is 0 Å². The molecule has 0 unspecified atom stereocenters. The molecule has 0 aliphatic carbocycles. The normalized spacial score (nSPS) is 16.9. The summed E-state index contributed by atoms with van der Waals surface area (Å²) in [6, 6.07) is 21.8. The zero-order valence-electron chi connectivity index (χ0n) is 17.4. The van der Waals surface area contributed by atoms with Crippen LogP contribution in [0, 0.1) is 0 Å². The van der Waals surface area contributed by atoms with Crippen molar-refractivity contribution in [1.82, 2.24) is 4.90 Å².